The highest BCUT2D eigenvalue weighted by Crippen LogP contribution is 2.22. The van der Waals surface area contributed by atoms with E-state index < -0.39 is 23.5 Å². The maximum absolute atomic E-state index is 13.1. The van der Waals surface area contributed by atoms with Gasteiger partial charge in [0.25, 0.3) is 0 Å². The number of rotatable bonds is 3. The van der Waals surface area contributed by atoms with Crippen molar-refractivity contribution in [2.24, 2.45) is 5.73 Å². The van der Waals surface area contributed by atoms with Gasteiger partial charge in [-0.05, 0) is 12.5 Å². The zero-order valence-electron chi connectivity index (χ0n) is 8.27. The van der Waals surface area contributed by atoms with Gasteiger partial charge in [0.05, 0.1) is 0 Å². The van der Waals surface area contributed by atoms with E-state index in [0.717, 1.165) is 12.5 Å². The van der Waals surface area contributed by atoms with Gasteiger partial charge < -0.3 is 5.73 Å². The number of nitrogens with two attached hydrogens (primary N) is 1. The van der Waals surface area contributed by atoms with Crippen molar-refractivity contribution < 1.29 is 13.2 Å². The van der Waals surface area contributed by atoms with Crippen molar-refractivity contribution in [1.29, 1.82) is 0 Å². The van der Waals surface area contributed by atoms with E-state index in [1.165, 1.54) is 0 Å². The molecule has 1 aromatic carbocycles. The van der Waals surface area contributed by atoms with Crippen LogP contribution in [0, 0.1) is 17.5 Å². The molecule has 0 fully saturated rings. The number of hydrogen-bond donors (Lipinski definition) is 1. The molecule has 86 valence electrons. The Labute approximate surface area is 92.9 Å². The third-order valence-electron chi connectivity index (χ3n) is 2.02. The first-order chi connectivity index (χ1) is 6.56. The molecule has 15 heavy (non-hydrogen) atoms. The molecular formula is C10H13ClF3N. The second-order valence-electron chi connectivity index (χ2n) is 3.19. The van der Waals surface area contributed by atoms with Gasteiger partial charge in [-0.15, -0.1) is 12.4 Å². The van der Waals surface area contributed by atoms with Crippen molar-refractivity contribution >= 4 is 12.4 Å². The lowest BCUT2D eigenvalue weighted by Crippen LogP contribution is -2.13. The molecule has 1 nitrogen and oxygen atoms in total. The predicted octanol–water partition coefficient (Wildman–Crippen LogP) is 3.33. The maximum atomic E-state index is 13.1. The topological polar surface area (TPSA) is 26.0 Å². The Morgan fingerprint density at radius 3 is 2.40 bits per heavy atom. The molecule has 1 aromatic rings. The molecule has 0 heterocycles. The molecule has 0 spiro atoms. The van der Waals surface area contributed by atoms with Crippen molar-refractivity contribution in [2.45, 2.75) is 25.8 Å². The summed E-state index contributed by atoms with van der Waals surface area (Å²) in [6.07, 6.45) is 1.23. The normalized spacial score (nSPS) is 12.1. The SMILES string of the molecule is CCC[C@H](N)c1cc(F)cc(F)c1F.Cl. The Morgan fingerprint density at radius 1 is 1.27 bits per heavy atom. The molecule has 0 saturated carbocycles. The Morgan fingerprint density at radius 2 is 1.87 bits per heavy atom. The van der Waals surface area contributed by atoms with Gasteiger partial charge in [0.15, 0.2) is 11.6 Å². The highest BCUT2D eigenvalue weighted by atomic mass is 35.5. The van der Waals surface area contributed by atoms with Crippen molar-refractivity contribution in [3.63, 3.8) is 0 Å². The number of hydrogen-bond acceptors (Lipinski definition) is 1. The first-order valence-electron chi connectivity index (χ1n) is 4.46. The standard InChI is InChI=1S/C10H12F3N.ClH/c1-2-3-9(14)7-4-6(11)5-8(12)10(7)13;/h4-5,9H,2-3,14H2,1H3;1H/t9-;/m0./s1. The van der Waals surface area contributed by atoms with Gasteiger partial charge >= 0.3 is 0 Å². The van der Waals surface area contributed by atoms with Crippen LogP contribution in [0.2, 0.25) is 0 Å². The van der Waals surface area contributed by atoms with Crippen molar-refractivity contribution in [3.05, 3.63) is 35.1 Å². The molecule has 2 N–H and O–H groups in total. The molecule has 0 aliphatic heterocycles. The van der Waals surface area contributed by atoms with Crippen LogP contribution >= 0.6 is 12.4 Å². The minimum atomic E-state index is -1.19. The Kier molecular flexibility index (Phi) is 5.68. The molecule has 1 rings (SSSR count). The van der Waals surface area contributed by atoms with Crippen LogP contribution in [-0.4, -0.2) is 0 Å². The predicted molar refractivity (Wildman–Crippen MR) is 55.4 cm³/mol. The van der Waals surface area contributed by atoms with Gasteiger partial charge in [0.1, 0.15) is 5.82 Å². The summed E-state index contributed by atoms with van der Waals surface area (Å²) >= 11 is 0. The van der Waals surface area contributed by atoms with E-state index in [2.05, 4.69) is 0 Å². The molecule has 0 amide bonds. The minimum absolute atomic E-state index is 0. The highest BCUT2D eigenvalue weighted by Gasteiger charge is 2.16. The minimum Gasteiger partial charge on any atom is -0.324 e. The van der Waals surface area contributed by atoms with Gasteiger partial charge in [-0.1, -0.05) is 13.3 Å². The summed E-state index contributed by atoms with van der Waals surface area (Å²) in [5.41, 5.74) is 5.48. The summed E-state index contributed by atoms with van der Waals surface area (Å²) in [5, 5.41) is 0. The molecule has 0 bridgehead atoms. The van der Waals surface area contributed by atoms with E-state index in [1.54, 1.807) is 0 Å². The lowest BCUT2D eigenvalue weighted by molar-refractivity contribution is 0.469. The zero-order valence-corrected chi connectivity index (χ0v) is 9.08. The first kappa shape index (κ1) is 14.3. The molecular weight excluding hydrogens is 227 g/mol. The lowest BCUT2D eigenvalue weighted by atomic mass is 10.0. The fraction of sp³-hybridized carbons (Fsp3) is 0.400. The van der Waals surface area contributed by atoms with Crippen LogP contribution in [0.25, 0.3) is 0 Å². The van der Waals surface area contributed by atoms with E-state index in [4.69, 9.17) is 5.73 Å². The van der Waals surface area contributed by atoms with Crippen LogP contribution in [0.15, 0.2) is 12.1 Å². The number of halogens is 4. The van der Waals surface area contributed by atoms with Crippen molar-refractivity contribution in [2.75, 3.05) is 0 Å². The summed E-state index contributed by atoms with van der Waals surface area (Å²) in [6, 6.07) is 0.807. The van der Waals surface area contributed by atoms with Gasteiger partial charge in [-0.3, -0.25) is 0 Å². The Bertz CT molecular complexity index is 331. The molecule has 1 atom stereocenters. The van der Waals surface area contributed by atoms with Gasteiger partial charge in [-0.2, -0.15) is 0 Å². The quantitative estimate of drug-likeness (QED) is 0.805. The summed E-state index contributed by atoms with van der Waals surface area (Å²) < 4.78 is 38.7. The third kappa shape index (κ3) is 3.39. The molecule has 0 aliphatic rings. The van der Waals surface area contributed by atoms with Gasteiger partial charge in [0, 0.05) is 17.7 Å². The second-order valence-corrected chi connectivity index (χ2v) is 3.19. The van der Waals surface area contributed by atoms with E-state index in [0.29, 0.717) is 12.5 Å². The molecule has 0 radical (unpaired) electrons. The van der Waals surface area contributed by atoms with Crippen LogP contribution in [0.1, 0.15) is 31.4 Å². The second kappa shape index (κ2) is 5.98. The van der Waals surface area contributed by atoms with Gasteiger partial charge in [0.2, 0.25) is 0 Å². The summed E-state index contributed by atoms with van der Waals surface area (Å²) in [7, 11) is 0. The van der Waals surface area contributed by atoms with Crippen molar-refractivity contribution in [3.8, 4) is 0 Å². The molecule has 0 aliphatic carbocycles. The van der Waals surface area contributed by atoms with Crippen LogP contribution < -0.4 is 5.73 Å². The zero-order chi connectivity index (χ0) is 10.7. The third-order valence-corrected chi connectivity index (χ3v) is 2.02. The summed E-state index contributed by atoms with van der Waals surface area (Å²) in [5.74, 6) is -3.04. The van der Waals surface area contributed by atoms with Crippen LogP contribution in [0.5, 0.6) is 0 Å². The first-order valence-corrected chi connectivity index (χ1v) is 4.46. The van der Waals surface area contributed by atoms with Crippen LogP contribution in [0.4, 0.5) is 13.2 Å². The Balaban J connectivity index is 0.00000196. The summed E-state index contributed by atoms with van der Waals surface area (Å²) in [4.78, 5) is 0. The average Bonchev–Trinajstić information content (AvgIpc) is 2.11. The van der Waals surface area contributed by atoms with Crippen molar-refractivity contribution in [1.82, 2.24) is 0 Å². The van der Waals surface area contributed by atoms with E-state index in [1.807, 2.05) is 6.92 Å². The monoisotopic (exact) mass is 239 g/mol. The molecule has 0 saturated heterocycles. The number of benzene rings is 1. The fourth-order valence-electron chi connectivity index (χ4n) is 1.31. The van der Waals surface area contributed by atoms with E-state index in [-0.39, 0.29) is 18.0 Å². The largest absolute Gasteiger partial charge is 0.324 e. The van der Waals surface area contributed by atoms with E-state index in [9.17, 15) is 13.2 Å². The van der Waals surface area contributed by atoms with Crippen LogP contribution in [0.3, 0.4) is 0 Å². The summed E-state index contributed by atoms with van der Waals surface area (Å²) in [6.45, 7) is 1.87. The fourth-order valence-corrected chi connectivity index (χ4v) is 1.31. The van der Waals surface area contributed by atoms with Gasteiger partial charge in [-0.25, -0.2) is 13.2 Å². The Hall–Kier alpha value is -0.740. The van der Waals surface area contributed by atoms with Crippen LogP contribution in [-0.2, 0) is 0 Å². The smallest absolute Gasteiger partial charge is 0.163 e. The molecule has 5 heteroatoms. The highest BCUT2D eigenvalue weighted by molar-refractivity contribution is 5.85. The average molecular weight is 240 g/mol. The molecule has 0 aromatic heterocycles. The van der Waals surface area contributed by atoms with E-state index >= 15 is 0 Å². The molecule has 0 unspecified atom stereocenters. The maximum Gasteiger partial charge on any atom is 0.163 e. The lowest BCUT2D eigenvalue weighted by Gasteiger charge is -2.12.